The molecule has 0 aliphatic rings. The Balaban J connectivity index is 1.53. The van der Waals surface area contributed by atoms with Crippen molar-refractivity contribution in [1.29, 1.82) is 0 Å². The third-order valence-corrected chi connectivity index (χ3v) is 4.40. The Morgan fingerprint density at radius 3 is 2.55 bits per heavy atom. The van der Waals surface area contributed by atoms with Gasteiger partial charge in [-0.3, -0.25) is 4.79 Å². The number of carbonyl (C=O) groups excluding carboxylic acids is 2. The van der Waals surface area contributed by atoms with Crippen molar-refractivity contribution >= 4 is 34.8 Å². The van der Waals surface area contributed by atoms with Gasteiger partial charge in [0.05, 0.1) is 18.4 Å². The van der Waals surface area contributed by atoms with Crippen molar-refractivity contribution in [2.75, 3.05) is 17.7 Å². The number of aromatic nitrogens is 4. The van der Waals surface area contributed by atoms with Gasteiger partial charge in [-0.15, -0.1) is 5.10 Å². The molecular weight excluding hydrogens is 400 g/mol. The Labute approximate surface area is 176 Å². The second kappa shape index (κ2) is 8.49. The van der Waals surface area contributed by atoms with Crippen molar-refractivity contribution in [2.24, 2.45) is 0 Å². The highest BCUT2D eigenvalue weighted by Crippen LogP contribution is 2.16. The summed E-state index contributed by atoms with van der Waals surface area (Å²) < 4.78 is 6.96. The molecule has 0 saturated carbocycles. The standard InChI is InChI=1S/C21H18N6O4/c1-31-19(29)15-9-5-6-10-16(15)23-18(28)13-27-21(30)26-12-11-17(24-20(26)25-27)22-14-7-3-2-4-8-14/h2-12H,13H2,1H3,(H,23,28)(H,22,24,25). The second-order valence-corrected chi connectivity index (χ2v) is 6.50. The molecule has 2 aromatic heterocycles. The molecule has 156 valence electrons. The number of ether oxygens (including phenoxy) is 1. The fourth-order valence-corrected chi connectivity index (χ4v) is 2.95. The number of hydrogen-bond acceptors (Lipinski definition) is 7. The van der Waals surface area contributed by atoms with Crippen molar-refractivity contribution < 1.29 is 14.3 Å². The summed E-state index contributed by atoms with van der Waals surface area (Å²) in [6, 6.07) is 17.5. The van der Waals surface area contributed by atoms with Gasteiger partial charge in [0.25, 0.3) is 5.78 Å². The molecule has 10 nitrogen and oxygen atoms in total. The molecule has 1 amide bonds. The van der Waals surface area contributed by atoms with Gasteiger partial charge in [0.15, 0.2) is 0 Å². The van der Waals surface area contributed by atoms with Gasteiger partial charge < -0.3 is 15.4 Å². The molecule has 2 heterocycles. The van der Waals surface area contributed by atoms with Crippen LogP contribution >= 0.6 is 0 Å². The van der Waals surface area contributed by atoms with Crippen LogP contribution in [0.15, 0.2) is 71.7 Å². The maximum atomic E-state index is 12.6. The SMILES string of the molecule is COC(=O)c1ccccc1NC(=O)Cn1nc2nc(Nc3ccccc3)ccn2c1=O. The average molecular weight is 418 g/mol. The van der Waals surface area contributed by atoms with Gasteiger partial charge in [-0.1, -0.05) is 30.3 Å². The van der Waals surface area contributed by atoms with E-state index >= 15 is 0 Å². The number of benzene rings is 2. The molecule has 31 heavy (non-hydrogen) atoms. The normalized spacial score (nSPS) is 10.6. The molecule has 0 saturated heterocycles. The minimum Gasteiger partial charge on any atom is -0.465 e. The average Bonchev–Trinajstić information content (AvgIpc) is 3.08. The van der Waals surface area contributed by atoms with Crippen LogP contribution in [0.1, 0.15) is 10.4 Å². The molecule has 0 bridgehead atoms. The van der Waals surface area contributed by atoms with Crippen LogP contribution in [0, 0.1) is 0 Å². The zero-order chi connectivity index (χ0) is 21.8. The Bertz CT molecular complexity index is 1310. The molecule has 0 radical (unpaired) electrons. The predicted octanol–water partition coefficient (Wildman–Crippen LogP) is 2.06. The molecule has 0 unspecified atom stereocenters. The lowest BCUT2D eigenvalue weighted by Gasteiger charge is -2.09. The third-order valence-electron chi connectivity index (χ3n) is 4.40. The van der Waals surface area contributed by atoms with Crippen molar-refractivity contribution in [1.82, 2.24) is 19.2 Å². The van der Waals surface area contributed by atoms with Gasteiger partial charge in [-0.25, -0.2) is 18.7 Å². The van der Waals surface area contributed by atoms with Crippen LogP contribution in [0.3, 0.4) is 0 Å². The first-order chi connectivity index (χ1) is 15.0. The van der Waals surface area contributed by atoms with E-state index in [2.05, 4.69) is 20.7 Å². The van der Waals surface area contributed by atoms with Gasteiger partial charge in [0, 0.05) is 11.9 Å². The fraction of sp³-hybridized carbons (Fsp3) is 0.0952. The predicted molar refractivity (Wildman–Crippen MR) is 113 cm³/mol. The minimum absolute atomic E-state index is 0.147. The summed E-state index contributed by atoms with van der Waals surface area (Å²) >= 11 is 0. The summed E-state index contributed by atoms with van der Waals surface area (Å²) in [5, 5.41) is 9.86. The van der Waals surface area contributed by atoms with E-state index in [9.17, 15) is 14.4 Å². The third kappa shape index (κ3) is 4.27. The Hall–Kier alpha value is -4.47. The van der Waals surface area contributed by atoms with E-state index in [-0.39, 0.29) is 23.6 Å². The summed E-state index contributed by atoms with van der Waals surface area (Å²) in [5.41, 5.74) is 0.817. The first-order valence-corrected chi connectivity index (χ1v) is 9.30. The number of para-hydroxylation sites is 2. The number of anilines is 3. The van der Waals surface area contributed by atoms with Crippen LogP contribution in [0.4, 0.5) is 17.2 Å². The van der Waals surface area contributed by atoms with E-state index in [1.807, 2.05) is 30.3 Å². The van der Waals surface area contributed by atoms with Crippen LogP contribution < -0.4 is 16.3 Å². The van der Waals surface area contributed by atoms with E-state index in [1.54, 1.807) is 24.3 Å². The molecule has 2 N–H and O–H groups in total. The van der Waals surface area contributed by atoms with Crippen LogP contribution in [-0.4, -0.2) is 38.2 Å². The highest BCUT2D eigenvalue weighted by atomic mass is 16.5. The molecule has 4 rings (SSSR count). The summed E-state index contributed by atoms with van der Waals surface area (Å²) in [4.78, 5) is 41.2. The van der Waals surface area contributed by atoms with E-state index in [4.69, 9.17) is 4.74 Å². The van der Waals surface area contributed by atoms with Gasteiger partial charge in [0.2, 0.25) is 5.91 Å². The van der Waals surface area contributed by atoms with E-state index in [1.165, 1.54) is 23.8 Å². The fourth-order valence-electron chi connectivity index (χ4n) is 2.95. The number of carbonyl (C=O) groups is 2. The number of esters is 1. The molecular formula is C21H18N6O4. The summed E-state index contributed by atoms with van der Waals surface area (Å²) in [6.45, 7) is -0.348. The van der Waals surface area contributed by atoms with Crippen LogP contribution in [-0.2, 0) is 16.1 Å². The first-order valence-electron chi connectivity index (χ1n) is 9.30. The second-order valence-electron chi connectivity index (χ2n) is 6.50. The number of hydrogen-bond donors (Lipinski definition) is 2. The highest BCUT2D eigenvalue weighted by Gasteiger charge is 2.16. The van der Waals surface area contributed by atoms with Crippen molar-refractivity contribution in [3.05, 3.63) is 82.9 Å². The zero-order valence-electron chi connectivity index (χ0n) is 16.5. The monoisotopic (exact) mass is 418 g/mol. The van der Waals surface area contributed by atoms with E-state index in [0.717, 1.165) is 10.4 Å². The first kappa shape index (κ1) is 19.8. The largest absolute Gasteiger partial charge is 0.465 e. The number of rotatable bonds is 6. The number of amides is 1. The number of fused-ring (bicyclic) bond motifs is 1. The Morgan fingerprint density at radius 1 is 1.03 bits per heavy atom. The number of nitrogens with one attached hydrogen (secondary N) is 2. The summed E-state index contributed by atoms with van der Waals surface area (Å²) in [7, 11) is 1.26. The van der Waals surface area contributed by atoms with Gasteiger partial charge in [-0.2, -0.15) is 4.98 Å². The lowest BCUT2D eigenvalue weighted by molar-refractivity contribution is -0.117. The highest BCUT2D eigenvalue weighted by molar-refractivity contribution is 6.01. The minimum atomic E-state index is -0.580. The van der Waals surface area contributed by atoms with Gasteiger partial charge >= 0.3 is 11.7 Å². The van der Waals surface area contributed by atoms with Crippen molar-refractivity contribution in [3.63, 3.8) is 0 Å². The van der Waals surface area contributed by atoms with Gasteiger partial charge in [-0.05, 0) is 30.3 Å². The van der Waals surface area contributed by atoms with Crippen molar-refractivity contribution in [3.8, 4) is 0 Å². The van der Waals surface area contributed by atoms with Gasteiger partial charge in [0.1, 0.15) is 12.4 Å². The summed E-state index contributed by atoms with van der Waals surface area (Å²) in [5.74, 6) is -0.450. The molecule has 0 spiro atoms. The Kier molecular flexibility index (Phi) is 5.43. The van der Waals surface area contributed by atoms with E-state index in [0.29, 0.717) is 5.82 Å². The lowest BCUT2D eigenvalue weighted by atomic mass is 10.2. The molecule has 0 fully saturated rings. The maximum absolute atomic E-state index is 12.6. The summed E-state index contributed by atoms with van der Waals surface area (Å²) in [6.07, 6.45) is 1.53. The van der Waals surface area contributed by atoms with Crippen LogP contribution in [0.2, 0.25) is 0 Å². The topological polar surface area (TPSA) is 120 Å². The molecule has 0 aliphatic heterocycles. The molecule has 4 aromatic rings. The number of nitrogens with zero attached hydrogens (tertiary/aromatic N) is 4. The van der Waals surface area contributed by atoms with Crippen LogP contribution in [0.25, 0.3) is 5.78 Å². The molecule has 2 aromatic carbocycles. The lowest BCUT2D eigenvalue weighted by Crippen LogP contribution is -2.28. The van der Waals surface area contributed by atoms with Crippen LogP contribution in [0.5, 0.6) is 0 Å². The molecule has 10 heteroatoms. The van der Waals surface area contributed by atoms with Crippen molar-refractivity contribution in [2.45, 2.75) is 6.54 Å². The zero-order valence-corrected chi connectivity index (χ0v) is 16.5. The maximum Gasteiger partial charge on any atom is 0.352 e. The Morgan fingerprint density at radius 2 is 1.77 bits per heavy atom. The van der Waals surface area contributed by atoms with E-state index < -0.39 is 17.6 Å². The smallest absolute Gasteiger partial charge is 0.352 e. The molecule has 0 atom stereocenters. The number of methoxy groups -OCH3 is 1. The molecule has 0 aliphatic carbocycles. The quantitative estimate of drug-likeness (QED) is 0.460.